The first-order valence-corrected chi connectivity index (χ1v) is 25.9. The zero-order valence-corrected chi connectivity index (χ0v) is 43.5. The van der Waals surface area contributed by atoms with Crippen LogP contribution in [0.3, 0.4) is 0 Å². The maximum atomic E-state index is 15.0. The fraction of sp³-hybridized carbons (Fsp3) is 0.0597. The highest BCUT2D eigenvalue weighted by Gasteiger charge is 2.40. The summed E-state index contributed by atoms with van der Waals surface area (Å²) in [5.74, 6) is 0.495. The van der Waals surface area contributed by atoms with Gasteiger partial charge < -0.3 is 4.57 Å². The van der Waals surface area contributed by atoms with Crippen molar-refractivity contribution in [3.8, 4) is 102 Å². The van der Waals surface area contributed by atoms with Crippen LogP contribution in [0.5, 0.6) is 0 Å². The number of alkyl halides is 12. The van der Waals surface area contributed by atoms with Crippen molar-refractivity contribution in [1.82, 2.24) is 24.5 Å². The van der Waals surface area contributed by atoms with E-state index in [1.165, 1.54) is 36.4 Å². The molecule has 0 aliphatic carbocycles. The van der Waals surface area contributed by atoms with Crippen molar-refractivity contribution in [2.75, 3.05) is 0 Å². The lowest BCUT2D eigenvalue weighted by Gasteiger charge is -2.21. The van der Waals surface area contributed by atoms with Gasteiger partial charge in [-0.2, -0.15) is 57.9 Å². The number of fused-ring (bicyclic) bond motifs is 3. The Kier molecular flexibility index (Phi) is 13.7. The van der Waals surface area contributed by atoms with Gasteiger partial charge in [0.15, 0.2) is 11.6 Å². The molecule has 6 nitrogen and oxygen atoms in total. The van der Waals surface area contributed by atoms with Gasteiger partial charge in [0.1, 0.15) is 0 Å². The number of hydrogen-bond donors (Lipinski definition) is 0. The Hall–Kier alpha value is -10.4. The van der Waals surface area contributed by atoms with Crippen LogP contribution in [-0.2, 0) is 24.7 Å². The highest BCUT2D eigenvalue weighted by molar-refractivity contribution is 6.13. The molecule has 9 aromatic carbocycles. The number of benzene rings is 9. The predicted octanol–water partition coefficient (Wildman–Crippen LogP) is 19.6. The third kappa shape index (κ3) is 10.7. The summed E-state index contributed by atoms with van der Waals surface area (Å²) in [6, 6.07) is 55.2. The van der Waals surface area contributed by atoms with Crippen molar-refractivity contribution in [3.63, 3.8) is 0 Å². The molecule has 18 heteroatoms. The summed E-state index contributed by atoms with van der Waals surface area (Å²) in [7, 11) is 0. The van der Waals surface area contributed by atoms with Crippen LogP contribution in [-0.4, -0.2) is 24.5 Å². The quantitative estimate of drug-likeness (QED) is 0.135. The second kappa shape index (κ2) is 21.1. The van der Waals surface area contributed by atoms with E-state index in [0.29, 0.717) is 57.9 Å². The average molecular weight is 1150 g/mol. The van der Waals surface area contributed by atoms with Crippen LogP contribution in [0.2, 0.25) is 0 Å². The fourth-order valence-corrected chi connectivity index (χ4v) is 10.5. The van der Waals surface area contributed by atoms with Gasteiger partial charge in [-0.05, 0) is 95.1 Å². The lowest BCUT2D eigenvalue weighted by molar-refractivity contribution is -0.144. The molecule has 0 fully saturated rings. The number of aromatic nitrogens is 5. The first-order chi connectivity index (χ1) is 40.6. The minimum absolute atomic E-state index is 0.0102. The minimum atomic E-state index is -5.33. The molecule has 0 aliphatic rings. The Morgan fingerprint density at radius 1 is 0.318 bits per heavy atom. The van der Waals surface area contributed by atoms with E-state index in [0.717, 1.165) is 0 Å². The second-order valence-corrected chi connectivity index (χ2v) is 19.7. The van der Waals surface area contributed by atoms with Gasteiger partial charge in [-0.3, -0.25) is 0 Å². The molecule has 0 radical (unpaired) electrons. The number of rotatable bonds is 9. The number of halogens is 12. The van der Waals surface area contributed by atoms with E-state index in [-0.39, 0.29) is 90.5 Å². The van der Waals surface area contributed by atoms with Gasteiger partial charge in [-0.25, -0.2) is 19.9 Å². The molecule has 0 bridgehead atoms. The van der Waals surface area contributed by atoms with Crippen molar-refractivity contribution in [1.29, 1.82) is 5.26 Å². The molecule has 3 aromatic heterocycles. The van der Waals surface area contributed by atoms with E-state index >= 15 is 26.3 Å². The van der Waals surface area contributed by atoms with Crippen LogP contribution in [0.25, 0.3) is 118 Å². The van der Waals surface area contributed by atoms with Gasteiger partial charge in [0.05, 0.1) is 73.4 Å². The van der Waals surface area contributed by atoms with Gasteiger partial charge in [-0.1, -0.05) is 146 Å². The van der Waals surface area contributed by atoms with Crippen LogP contribution >= 0.6 is 0 Å². The topological polar surface area (TPSA) is 80.3 Å². The lowest BCUT2D eigenvalue weighted by atomic mass is 9.94. The minimum Gasteiger partial charge on any atom is -0.308 e. The first-order valence-electron chi connectivity index (χ1n) is 25.9. The molecule has 0 spiro atoms. The van der Waals surface area contributed by atoms with Crippen molar-refractivity contribution in [2.24, 2.45) is 0 Å². The van der Waals surface area contributed by atoms with Crippen LogP contribution in [0, 0.1) is 11.3 Å². The van der Waals surface area contributed by atoms with Gasteiger partial charge in [0.2, 0.25) is 0 Å². The molecule has 3 heterocycles. The zero-order chi connectivity index (χ0) is 59.6. The maximum Gasteiger partial charge on any atom is 0.417 e. The smallest absolute Gasteiger partial charge is 0.308 e. The number of nitriles is 1. The van der Waals surface area contributed by atoms with E-state index in [1.54, 1.807) is 77.4 Å². The van der Waals surface area contributed by atoms with Crippen molar-refractivity contribution in [2.45, 2.75) is 24.7 Å². The summed E-state index contributed by atoms with van der Waals surface area (Å²) in [6.45, 7) is 0. The van der Waals surface area contributed by atoms with Gasteiger partial charge in [-0.15, -0.1) is 0 Å². The van der Waals surface area contributed by atoms with E-state index in [1.807, 2.05) is 72.8 Å². The molecule has 12 aromatic rings. The second-order valence-electron chi connectivity index (χ2n) is 19.7. The summed E-state index contributed by atoms with van der Waals surface area (Å²) in [4.78, 5) is 20.3. The average Bonchev–Trinajstić information content (AvgIpc) is 1.86. The lowest BCUT2D eigenvalue weighted by Crippen LogP contribution is -2.12. The molecule has 85 heavy (non-hydrogen) atoms. The highest BCUT2D eigenvalue weighted by atomic mass is 19.4. The van der Waals surface area contributed by atoms with E-state index in [4.69, 9.17) is 19.9 Å². The third-order valence-corrected chi connectivity index (χ3v) is 14.4. The predicted molar refractivity (Wildman–Crippen MR) is 300 cm³/mol. The van der Waals surface area contributed by atoms with E-state index < -0.39 is 58.1 Å². The molecule has 0 N–H and O–H groups in total. The number of hydrogen-bond acceptors (Lipinski definition) is 5. The number of nitrogens with zero attached hydrogens (tertiary/aromatic N) is 6. The molecular weight excluding hydrogens is 1120 g/mol. The van der Waals surface area contributed by atoms with Crippen molar-refractivity contribution in [3.05, 3.63) is 246 Å². The molecule has 0 unspecified atom stereocenters. The Morgan fingerprint density at radius 2 is 0.671 bits per heavy atom. The van der Waals surface area contributed by atoms with Crippen LogP contribution in [0.15, 0.2) is 218 Å². The Labute approximate surface area is 475 Å². The van der Waals surface area contributed by atoms with E-state index in [9.17, 15) is 31.6 Å². The van der Waals surface area contributed by atoms with Crippen LogP contribution in [0.1, 0.15) is 27.8 Å². The normalized spacial score (nSPS) is 12.2. The third-order valence-electron chi connectivity index (χ3n) is 14.4. The summed E-state index contributed by atoms with van der Waals surface area (Å²) in [5.41, 5.74) is -3.34. The molecule has 418 valence electrons. The van der Waals surface area contributed by atoms with Gasteiger partial charge >= 0.3 is 24.7 Å². The molecule has 12 rings (SSSR count). The summed E-state index contributed by atoms with van der Waals surface area (Å²) in [6.07, 6.45) is -21.0. The van der Waals surface area contributed by atoms with Crippen molar-refractivity contribution >= 4 is 21.8 Å². The zero-order valence-electron chi connectivity index (χ0n) is 43.5. The Bertz CT molecular complexity index is 4190. The molecule has 0 amide bonds. The first kappa shape index (κ1) is 55.1. The highest BCUT2D eigenvalue weighted by Crippen LogP contribution is 2.48. The molecule has 0 saturated carbocycles. The maximum absolute atomic E-state index is 15.0. The summed E-state index contributed by atoms with van der Waals surface area (Å²) >= 11 is 0. The van der Waals surface area contributed by atoms with Gasteiger partial charge in [0, 0.05) is 44.2 Å². The van der Waals surface area contributed by atoms with E-state index in [2.05, 4.69) is 6.07 Å². The Morgan fingerprint density at radius 3 is 1.01 bits per heavy atom. The van der Waals surface area contributed by atoms with Gasteiger partial charge in [0.25, 0.3) is 0 Å². The Balaban J connectivity index is 1.24. The fourth-order valence-electron chi connectivity index (χ4n) is 10.5. The molecule has 0 saturated heterocycles. The van der Waals surface area contributed by atoms with Crippen molar-refractivity contribution < 1.29 is 52.7 Å². The summed E-state index contributed by atoms with van der Waals surface area (Å²) in [5, 5.41) is 11.1. The molecule has 0 aliphatic heterocycles. The molecule has 0 atom stereocenters. The largest absolute Gasteiger partial charge is 0.417 e. The molecular formula is C67H36F12N6. The summed E-state index contributed by atoms with van der Waals surface area (Å²) < 4.78 is 176. The standard InChI is InChI=1S/C67H36F12N6/c68-64(69,70)45-23-25-47(53(33-45)66(74,75)76)43-21-27-59-49(31-43)50-32-44(48-26-24-46(65(71,72)73)34-54(48)67(77,78)79)22-28-60(50)85(59)61-51(57-35-55(39-13-5-1-6-14-39)81-62(83-57)41-17-9-3-10-18-41)29-38(37-80)30-52(61)58-36-56(40-15-7-2-8-16-40)82-63(84-58)42-19-11-4-12-20-42/h1-36H. The van der Waals surface area contributed by atoms with Crippen LogP contribution in [0.4, 0.5) is 52.7 Å². The van der Waals surface area contributed by atoms with Crippen LogP contribution < -0.4 is 0 Å². The monoisotopic (exact) mass is 1150 g/mol. The SMILES string of the molecule is N#Cc1cc(-c2cc(-c3ccccc3)nc(-c3ccccc3)n2)c(-n2c3ccc(-c4ccc(C(F)(F)F)cc4C(F)(F)F)cc3c3cc(-c4ccc(C(F)(F)F)cc4C(F)(F)F)ccc32)c(-c2cc(-c3ccccc3)nc(-c3ccccc3)n2)c1.